The molecule has 4 heterocycles. The lowest BCUT2D eigenvalue weighted by molar-refractivity contribution is -0.138. The van der Waals surface area contributed by atoms with Crippen molar-refractivity contribution in [3.63, 3.8) is 0 Å². The first-order valence-electron chi connectivity index (χ1n) is 12.5. The molecule has 2 atom stereocenters. The van der Waals surface area contributed by atoms with Crippen LogP contribution in [0.25, 0.3) is 0 Å². The summed E-state index contributed by atoms with van der Waals surface area (Å²) in [5, 5.41) is 11.6. The number of nitrogens with zero attached hydrogens (tertiary/aromatic N) is 5. The second-order valence-corrected chi connectivity index (χ2v) is 10.4. The summed E-state index contributed by atoms with van der Waals surface area (Å²) in [6.07, 6.45) is -3.26. The van der Waals surface area contributed by atoms with Gasteiger partial charge in [0.1, 0.15) is 5.75 Å². The van der Waals surface area contributed by atoms with E-state index >= 15 is 0 Å². The Morgan fingerprint density at radius 3 is 2.62 bits per heavy atom. The number of carboxylic acids is 1. The van der Waals surface area contributed by atoms with E-state index < -0.39 is 23.8 Å². The predicted octanol–water partition coefficient (Wildman–Crippen LogP) is 5.41. The number of aromatic nitrogens is 1. The highest BCUT2D eigenvalue weighted by Crippen LogP contribution is 2.47. The first-order chi connectivity index (χ1) is 19.1. The summed E-state index contributed by atoms with van der Waals surface area (Å²) in [4.78, 5) is 27.5. The van der Waals surface area contributed by atoms with Gasteiger partial charge in [0, 0.05) is 43.6 Å². The van der Waals surface area contributed by atoms with Gasteiger partial charge in [0.25, 0.3) is 0 Å². The molecule has 2 aliphatic rings. The van der Waals surface area contributed by atoms with Gasteiger partial charge in [-0.05, 0) is 42.6 Å². The third kappa shape index (κ3) is 5.25. The summed E-state index contributed by atoms with van der Waals surface area (Å²) < 4.78 is 52.2. The van der Waals surface area contributed by atoms with Crippen LogP contribution >= 0.6 is 11.3 Å². The molecule has 1 fully saturated rings. The van der Waals surface area contributed by atoms with Crippen molar-refractivity contribution >= 4 is 40.3 Å². The molecule has 0 amide bonds. The number of pyridine rings is 1. The van der Waals surface area contributed by atoms with E-state index in [1.165, 1.54) is 24.5 Å². The number of hydrogen-bond donors (Lipinski definition) is 1. The van der Waals surface area contributed by atoms with E-state index in [2.05, 4.69) is 9.88 Å². The van der Waals surface area contributed by atoms with Gasteiger partial charge in [0.15, 0.2) is 0 Å². The van der Waals surface area contributed by atoms with E-state index in [4.69, 9.17) is 14.5 Å². The van der Waals surface area contributed by atoms with Gasteiger partial charge in [-0.3, -0.25) is 9.69 Å². The molecule has 0 aliphatic carbocycles. The molecule has 9 nitrogen and oxygen atoms in total. The van der Waals surface area contributed by atoms with Crippen molar-refractivity contribution in [1.82, 2.24) is 9.88 Å². The first kappa shape index (κ1) is 27.6. The number of anilines is 2. The maximum atomic E-state index is 13.8. The maximum Gasteiger partial charge on any atom is 0.416 e. The Kier molecular flexibility index (Phi) is 7.49. The number of methoxy groups -OCH3 is 2. The van der Waals surface area contributed by atoms with Crippen molar-refractivity contribution in [2.45, 2.75) is 31.6 Å². The molecular weight excluding hydrogens is 547 g/mol. The number of aliphatic carboxylic acids is 1. The third-order valence-corrected chi connectivity index (χ3v) is 8.03. The van der Waals surface area contributed by atoms with Gasteiger partial charge in [-0.2, -0.15) is 13.2 Å². The van der Waals surface area contributed by atoms with Crippen LogP contribution in [0.5, 0.6) is 11.6 Å². The molecule has 0 unspecified atom stereocenters. The number of guanidine groups is 1. The lowest BCUT2D eigenvalue weighted by Gasteiger charge is -2.47. The smallest absolute Gasteiger partial charge is 0.416 e. The number of halogens is 3. The minimum absolute atomic E-state index is 0.0180. The highest BCUT2D eigenvalue weighted by molar-refractivity contribution is 7.10. The number of carbonyl (C=O) groups is 1. The lowest BCUT2D eigenvalue weighted by Crippen LogP contribution is -2.58. The molecule has 2 aliphatic heterocycles. The Hall–Kier alpha value is -4.00. The van der Waals surface area contributed by atoms with Crippen LogP contribution in [0, 0.1) is 0 Å². The van der Waals surface area contributed by atoms with Crippen molar-refractivity contribution in [3.05, 3.63) is 58.4 Å². The fraction of sp³-hybridized carbons (Fsp3) is 0.370. The molecule has 2 aromatic heterocycles. The standard InChI is InChI=1S/C27H28F3N5O4S/c1-16-15-33(9-10-34(16)18-6-8-31-23(13-18)39-3)26-32-19-7-11-40-25(19)21(14-24(36)37)35(26)20-12-17(27(28,29)30)4-5-22(20)38-2/h4-8,11-13,16,21H,9-10,14-15H2,1-3H3,(H,36,37)/t16-,21+/m1/s1. The molecule has 1 aromatic carbocycles. The molecule has 0 spiro atoms. The van der Waals surface area contributed by atoms with Crippen molar-refractivity contribution in [3.8, 4) is 11.6 Å². The minimum atomic E-state index is -4.60. The monoisotopic (exact) mass is 575 g/mol. The molecule has 0 radical (unpaired) electrons. The molecule has 0 saturated carbocycles. The molecule has 13 heteroatoms. The van der Waals surface area contributed by atoms with Crippen LogP contribution in [0.4, 0.5) is 30.2 Å². The van der Waals surface area contributed by atoms with Crippen molar-refractivity contribution < 1.29 is 32.5 Å². The molecule has 40 heavy (non-hydrogen) atoms. The molecule has 1 N–H and O–H groups in total. The van der Waals surface area contributed by atoms with Gasteiger partial charge in [0.05, 0.1) is 48.5 Å². The molecule has 212 valence electrons. The van der Waals surface area contributed by atoms with Crippen LogP contribution in [-0.2, 0) is 11.0 Å². The maximum absolute atomic E-state index is 13.8. The number of ether oxygens (including phenoxy) is 2. The number of fused-ring (bicyclic) bond motifs is 1. The van der Waals surface area contributed by atoms with Crippen LogP contribution in [0.3, 0.4) is 0 Å². The first-order valence-corrected chi connectivity index (χ1v) is 13.4. The minimum Gasteiger partial charge on any atom is -0.495 e. The van der Waals surface area contributed by atoms with Crippen LogP contribution in [0.2, 0.25) is 0 Å². The summed E-state index contributed by atoms with van der Waals surface area (Å²) in [5.74, 6) is -0.0142. The number of alkyl halides is 3. The molecule has 0 bridgehead atoms. The number of thiophene rings is 1. The number of hydrogen-bond acceptors (Lipinski definition) is 9. The fourth-order valence-electron chi connectivity index (χ4n) is 5.19. The molecule has 1 saturated heterocycles. The number of carboxylic acid groups (broad SMARTS) is 1. The second-order valence-electron chi connectivity index (χ2n) is 9.49. The number of piperazine rings is 1. The second kappa shape index (κ2) is 10.9. The predicted molar refractivity (Wildman–Crippen MR) is 146 cm³/mol. The molecule has 3 aromatic rings. The zero-order chi connectivity index (χ0) is 28.6. The van der Waals surface area contributed by atoms with Crippen LogP contribution < -0.4 is 19.3 Å². The van der Waals surface area contributed by atoms with Crippen molar-refractivity contribution in [2.75, 3.05) is 43.7 Å². The Morgan fingerprint density at radius 1 is 1.15 bits per heavy atom. The SMILES string of the molecule is COc1cc(N2CCN(C3=Nc4ccsc4[C@H](CC(=O)O)N3c3cc(C(F)(F)F)ccc3OC)C[C@H]2C)ccn1. The summed E-state index contributed by atoms with van der Waals surface area (Å²) in [5.41, 5.74) is 0.793. The van der Waals surface area contributed by atoms with E-state index in [0.29, 0.717) is 42.0 Å². The summed E-state index contributed by atoms with van der Waals surface area (Å²) in [7, 11) is 2.93. The summed E-state index contributed by atoms with van der Waals surface area (Å²) >= 11 is 1.33. The Balaban J connectivity index is 1.58. The largest absolute Gasteiger partial charge is 0.495 e. The van der Waals surface area contributed by atoms with Gasteiger partial charge in [-0.15, -0.1) is 11.3 Å². The molecule has 5 rings (SSSR count). The van der Waals surface area contributed by atoms with E-state index in [1.54, 1.807) is 24.3 Å². The van der Waals surface area contributed by atoms with Crippen molar-refractivity contribution in [1.29, 1.82) is 0 Å². The van der Waals surface area contributed by atoms with Gasteiger partial charge in [-0.25, -0.2) is 9.98 Å². The lowest BCUT2D eigenvalue weighted by atomic mass is 10.0. The molecular formula is C27H28F3N5O4S. The van der Waals surface area contributed by atoms with Gasteiger partial charge >= 0.3 is 12.1 Å². The van der Waals surface area contributed by atoms with Gasteiger partial charge in [-0.1, -0.05) is 0 Å². The third-order valence-electron chi connectivity index (χ3n) is 7.03. The highest BCUT2D eigenvalue weighted by Gasteiger charge is 2.41. The van der Waals surface area contributed by atoms with Gasteiger partial charge in [0.2, 0.25) is 11.8 Å². The quantitative estimate of drug-likeness (QED) is 0.417. The van der Waals surface area contributed by atoms with Crippen LogP contribution in [0.1, 0.15) is 29.8 Å². The highest BCUT2D eigenvalue weighted by atomic mass is 32.1. The number of rotatable bonds is 6. The average molecular weight is 576 g/mol. The number of aliphatic imine (C=N–C) groups is 1. The number of benzene rings is 1. The Labute approximate surface area is 233 Å². The van der Waals surface area contributed by atoms with E-state index in [-0.39, 0.29) is 23.9 Å². The van der Waals surface area contributed by atoms with Crippen LogP contribution in [0.15, 0.2) is 53.0 Å². The topological polar surface area (TPSA) is 90.7 Å². The average Bonchev–Trinajstić information content (AvgIpc) is 3.40. The normalized spacial score (nSPS) is 19.2. The Morgan fingerprint density at radius 2 is 1.95 bits per heavy atom. The zero-order valence-corrected chi connectivity index (χ0v) is 22.9. The van der Waals surface area contributed by atoms with Gasteiger partial charge < -0.3 is 24.4 Å². The van der Waals surface area contributed by atoms with Crippen molar-refractivity contribution in [2.24, 2.45) is 4.99 Å². The van der Waals surface area contributed by atoms with Crippen LogP contribution in [-0.4, -0.2) is 66.8 Å². The summed E-state index contributed by atoms with van der Waals surface area (Å²) in [6, 6.07) is 7.97. The van der Waals surface area contributed by atoms with E-state index in [0.717, 1.165) is 17.8 Å². The van der Waals surface area contributed by atoms with E-state index in [1.807, 2.05) is 29.3 Å². The fourth-order valence-corrected chi connectivity index (χ4v) is 6.11. The summed E-state index contributed by atoms with van der Waals surface area (Å²) in [6.45, 7) is 3.61. The van der Waals surface area contributed by atoms with E-state index in [9.17, 15) is 23.1 Å². The Bertz CT molecular complexity index is 1430. The zero-order valence-electron chi connectivity index (χ0n) is 22.1.